The van der Waals surface area contributed by atoms with Crippen LogP contribution in [0.25, 0.3) is 0 Å². The zero-order valence-electron chi connectivity index (χ0n) is 11.8. The second kappa shape index (κ2) is 8.29. The number of nitrogens with one attached hydrogen (secondary N) is 1. The van der Waals surface area contributed by atoms with E-state index in [1.165, 1.54) is 11.5 Å². The van der Waals surface area contributed by atoms with E-state index in [0.717, 1.165) is 37.2 Å². The second-order valence-corrected chi connectivity index (χ2v) is 6.13. The number of hydrogen-bond donors (Lipinski definition) is 2. The van der Waals surface area contributed by atoms with Gasteiger partial charge in [0.2, 0.25) is 0 Å². The predicted octanol–water partition coefficient (Wildman–Crippen LogP) is 0.966. The average Bonchev–Trinajstić information content (AvgIpc) is 2.49. The molecule has 5 heteroatoms. The molecule has 0 radical (unpaired) electrons. The predicted molar refractivity (Wildman–Crippen MR) is 85.3 cm³/mol. The Labute approximate surface area is 125 Å². The number of carbonyl (C=O) groups excluding carboxylic acids is 1. The molecular weight excluding hydrogens is 270 g/mol. The smallest absolute Gasteiger partial charge is 0.251 e. The zero-order valence-corrected chi connectivity index (χ0v) is 12.6. The number of nitrogens with two attached hydrogens (primary N) is 1. The Morgan fingerprint density at radius 2 is 2.05 bits per heavy atom. The molecule has 1 saturated heterocycles. The molecule has 2 rings (SSSR count). The van der Waals surface area contributed by atoms with Crippen molar-refractivity contribution >= 4 is 17.7 Å². The van der Waals surface area contributed by atoms with Gasteiger partial charge in [-0.25, -0.2) is 0 Å². The van der Waals surface area contributed by atoms with Crippen LogP contribution in [0.2, 0.25) is 0 Å². The third kappa shape index (κ3) is 4.51. The van der Waals surface area contributed by atoms with Crippen molar-refractivity contribution in [2.45, 2.75) is 6.42 Å². The minimum atomic E-state index is 0.0143. The summed E-state index contributed by atoms with van der Waals surface area (Å²) >= 11 is 2.00. The van der Waals surface area contributed by atoms with Crippen molar-refractivity contribution in [3.63, 3.8) is 0 Å². The van der Waals surface area contributed by atoms with Crippen LogP contribution in [0.3, 0.4) is 0 Å². The summed E-state index contributed by atoms with van der Waals surface area (Å²) < 4.78 is 0. The maximum absolute atomic E-state index is 12.2. The third-order valence-corrected chi connectivity index (χ3v) is 4.44. The van der Waals surface area contributed by atoms with Crippen LogP contribution in [0.15, 0.2) is 24.3 Å². The van der Waals surface area contributed by atoms with Gasteiger partial charge >= 0.3 is 0 Å². The summed E-state index contributed by atoms with van der Waals surface area (Å²) in [6.45, 7) is 4.47. The number of hydrogen-bond acceptors (Lipinski definition) is 4. The fourth-order valence-electron chi connectivity index (χ4n) is 2.36. The average molecular weight is 293 g/mol. The summed E-state index contributed by atoms with van der Waals surface area (Å²) in [7, 11) is 0. The van der Waals surface area contributed by atoms with Gasteiger partial charge in [-0.15, -0.1) is 0 Å². The first-order chi connectivity index (χ1) is 9.81. The Kier molecular flexibility index (Phi) is 6.36. The molecule has 1 aromatic carbocycles. The minimum Gasteiger partial charge on any atom is -0.351 e. The van der Waals surface area contributed by atoms with E-state index in [4.69, 9.17) is 5.73 Å². The Morgan fingerprint density at radius 3 is 2.80 bits per heavy atom. The third-order valence-electron chi connectivity index (χ3n) is 3.49. The van der Waals surface area contributed by atoms with E-state index in [2.05, 4.69) is 10.2 Å². The van der Waals surface area contributed by atoms with Gasteiger partial charge in [0, 0.05) is 43.2 Å². The van der Waals surface area contributed by atoms with Crippen molar-refractivity contribution in [2.75, 3.05) is 44.2 Å². The lowest BCUT2D eigenvalue weighted by molar-refractivity contribution is 0.0948. The highest BCUT2D eigenvalue weighted by atomic mass is 32.2. The molecule has 0 bridgehead atoms. The van der Waals surface area contributed by atoms with E-state index < -0.39 is 0 Å². The number of thioether (sulfide) groups is 1. The molecule has 0 spiro atoms. The molecule has 1 amide bonds. The van der Waals surface area contributed by atoms with Crippen molar-refractivity contribution in [3.8, 4) is 0 Å². The molecule has 1 aliphatic heterocycles. The number of nitrogens with zero attached hydrogens (tertiary/aromatic N) is 1. The van der Waals surface area contributed by atoms with Crippen molar-refractivity contribution in [3.05, 3.63) is 35.4 Å². The van der Waals surface area contributed by atoms with Gasteiger partial charge in [0.05, 0.1) is 0 Å². The summed E-state index contributed by atoms with van der Waals surface area (Å²) in [6, 6.07) is 7.70. The molecular formula is C15H23N3OS. The molecule has 110 valence electrons. The van der Waals surface area contributed by atoms with Crippen LogP contribution in [0.4, 0.5) is 0 Å². The quantitative estimate of drug-likeness (QED) is 0.820. The highest BCUT2D eigenvalue weighted by Crippen LogP contribution is 2.10. The molecule has 3 N–H and O–H groups in total. The van der Waals surface area contributed by atoms with Gasteiger partial charge < -0.3 is 11.1 Å². The summed E-state index contributed by atoms with van der Waals surface area (Å²) in [4.78, 5) is 14.6. The largest absolute Gasteiger partial charge is 0.351 e. The van der Waals surface area contributed by atoms with E-state index in [9.17, 15) is 4.79 Å². The summed E-state index contributed by atoms with van der Waals surface area (Å²) in [5.74, 6) is 2.42. The van der Waals surface area contributed by atoms with Crippen molar-refractivity contribution in [1.82, 2.24) is 10.2 Å². The maximum atomic E-state index is 12.2. The van der Waals surface area contributed by atoms with Gasteiger partial charge in [-0.2, -0.15) is 11.8 Å². The van der Waals surface area contributed by atoms with Crippen molar-refractivity contribution in [2.24, 2.45) is 5.73 Å². The van der Waals surface area contributed by atoms with Crippen molar-refractivity contribution < 1.29 is 4.79 Å². The second-order valence-electron chi connectivity index (χ2n) is 4.91. The number of rotatable bonds is 6. The lowest BCUT2D eigenvalue weighted by Crippen LogP contribution is -2.39. The van der Waals surface area contributed by atoms with Crippen LogP contribution in [-0.2, 0) is 6.42 Å². The zero-order chi connectivity index (χ0) is 14.2. The number of benzene rings is 1. The molecule has 1 fully saturated rings. The van der Waals surface area contributed by atoms with E-state index in [0.29, 0.717) is 13.1 Å². The molecule has 0 aliphatic carbocycles. The fourth-order valence-corrected chi connectivity index (χ4v) is 3.34. The molecule has 0 saturated carbocycles. The SMILES string of the molecule is NCCc1ccccc1C(=O)NCCN1CCSCC1. The highest BCUT2D eigenvalue weighted by Gasteiger charge is 2.12. The topological polar surface area (TPSA) is 58.4 Å². The number of amides is 1. The number of carbonyl (C=O) groups is 1. The fraction of sp³-hybridized carbons (Fsp3) is 0.533. The standard InChI is InChI=1S/C15H23N3OS/c16-6-5-13-3-1-2-4-14(13)15(19)17-7-8-18-9-11-20-12-10-18/h1-4H,5-12,16H2,(H,17,19). The van der Waals surface area contributed by atoms with Gasteiger partial charge in [0.25, 0.3) is 5.91 Å². The lowest BCUT2D eigenvalue weighted by Gasteiger charge is -2.26. The van der Waals surface area contributed by atoms with Gasteiger partial charge in [0.1, 0.15) is 0 Å². The molecule has 20 heavy (non-hydrogen) atoms. The van der Waals surface area contributed by atoms with Crippen LogP contribution < -0.4 is 11.1 Å². The summed E-state index contributed by atoms with van der Waals surface area (Å²) in [5, 5.41) is 3.02. The van der Waals surface area contributed by atoms with Crippen LogP contribution in [0.5, 0.6) is 0 Å². The minimum absolute atomic E-state index is 0.0143. The van der Waals surface area contributed by atoms with Crippen molar-refractivity contribution in [1.29, 1.82) is 0 Å². The molecule has 4 nitrogen and oxygen atoms in total. The Balaban J connectivity index is 1.82. The first kappa shape index (κ1) is 15.4. The molecule has 1 aliphatic rings. The molecule has 0 unspecified atom stereocenters. The Hall–Kier alpha value is -1.04. The van der Waals surface area contributed by atoms with Gasteiger partial charge in [0.15, 0.2) is 0 Å². The van der Waals surface area contributed by atoms with E-state index in [-0.39, 0.29) is 5.91 Å². The molecule has 1 heterocycles. The van der Waals surface area contributed by atoms with Crippen LogP contribution in [0, 0.1) is 0 Å². The van der Waals surface area contributed by atoms with E-state index in [1.54, 1.807) is 0 Å². The highest BCUT2D eigenvalue weighted by molar-refractivity contribution is 7.99. The van der Waals surface area contributed by atoms with Gasteiger partial charge in [-0.3, -0.25) is 9.69 Å². The summed E-state index contributed by atoms with van der Waals surface area (Å²) in [5.41, 5.74) is 7.37. The van der Waals surface area contributed by atoms with Crippen LogP contribution in [0.1, 0.15) is 15.9 Å². The van der Waals surface area contributed by atoms with Crippen LogP contribution >= 0.6 is 11.8 Å². The van der Waals surface area contributed by atoms with E-state index in [1.807, 2.05) is 36.0 Å². The van der Waals surface area contributed by atoms with E-state index >= 15 is 0 Å². The maximum Gasteiger partial charge on any atom is 0.251 e. The van der Waals surface area contributed by atoms with Crippen LogP contribution in [-0.4, -0.2) is 55.0 Å². The van der Waals surface area contributed by atoms with Gasteiger partial charge in [-0.1, -0.05) is 18.2 Å². The first-order valence-electron chi connectivity index (χ1n) is 7.17. The molecule has 0 aromatic heterocycles. The first-order valence-corrected chi connectivity index (χ1v) is 8.33. The summed E-state index contributed by atoms with van der Waals surface area (Å²) in [6.07, 6.45) is 0.743. The lowest BCUT2D eigenvalue weighted by atomic mass is 10.0. The monoisotopic (exact) mass is 293 g/mol. The normalized spacial score (nSPS) is 16.1. The Morgan fingerprint density at radius 1 is 1.30 bits per heavy atom. The molecule has 1 aromatic rings. The molecule has 0 atom stereocenters. The Bertz CT molecular complexity index is 433. The van der Waals surface area contributed by atoms with Gasteiger partial charge in [-0.05, 0) is 24.6 Å².